The first-order valence-corrected chi connectivity index (χ1v) is 8.05. The molecule has 1 N–H and O–H groups in total. The average Bonchev–Trinajstić information content (AvgIpc) is 2.99. The van der Waals surface area contributed by atoms with Crippen molar-refractivity contribution in [2.24, 2.45) is 11.8 Å². The Morgan fingerprint density at radius 2 is 2.15 bits per heavy atom. The molecule has 2 heteroatoms. The molecule has 1 fully saturated rings. The van der Waals surface area contributed by atoms with Crippen molar-refractivity contribution in [3.63, 3.8) is 0 Å². The Kier molecular flexibility index (Phi) is 3.53. The number of rotatable bonds is 5. The molecular weight excluding hydrogens is 246 g/mol. The predicted molar refractivity (Wildman–Crippen MR) is 83.2 cm³/mol. The van der Waals surface area contributed by atoms with Gasteiger partial charge in [0, 0.05) is 12.5 Å². The highest BCUT2D eigenvalue weighted by Crippen LogP contribution is 2.48. The summed E-state index contributed by atoms with van der Waals surface area (Å²) in [4.78, 5) is 0. The molecule has 2 aliphatic rings. The third-order valence-corrected chi connectivity index (χ3v) is 4.66. The van der Waals surface area contributed by atoms with E-state index in [0.717, 1.165) is 30.6 Å². The Labute approximate surface area is 122 Å². The molecule has 20 heavy (non-hydrogen) atoms. The SMILES string of the molecule is CCCNC(c1ccc2c(c1)CC(C)(C)O2)C1CC1C. The van der Waals surface area contributed by atoms with Gasteiger partial charge in [-0.05, 0) is 62.3 Å². The average molecular weight is 273 g/mol. The molecule has 1 aliphatic carbocycles. The maximum atomic E-state index is 5.99. The molecule has 2 nitrogen and oxygen atoms in total. The summed E-state index contributed by atoms with van der Waals surface area (Å²) in [6.07, 6.45) is 3.58. The molecule has 1 aromatic carbocycles. The van der Waals surface area contributed by atoms with E-state index in [1.54, 1.807) is 0 Å². The van der Waals surface area contributed by atoms with E-state index in [9.17, 15) is 0 Å². The zero-order chi connectivity index (χ0) is 14.3. The number of hydrogen-bond donors (Lipinski definition) is 1. The first kappa shape index (κ1) is 13.9. The van der Waals surface area contributed by atoms with Gasteiger partial charge in [0.05, 0.1) is 0 Å². The molecule has 3 atom stereocenters. The van der Waals surface area contributed by atoms with Crippen molar-refractivity contribution in [3.8, 4) is 5.75 Å². The minimum Gasteiger partial charge on any atom is -0.487 e. The molecule has 0 amide bonds. The molecule has 1 heterocycles. The third-order valence-electron chi connectivity index (χ3n) is 4.66. The van der Waals surface area contributed by atoms with Crippen LogP contribution in [0.2, 0.25) is 0 Å². The third kappa shape index (κ3) is 2.71. The monoisotopic (exact) mass is 273 g/mol. The van der Waals surface area contributed by atoms with Crippen LogP contribution in [0.15, 0.2) is 18.2 Å². The van der Waals surface area contributed by atoms with Gasteiger partial charge in [-0.3, -0.25) is 0 Å². The number of fused-ring (bicyclic) bond motifs is 1. The minimum atomic E-state index is -0.0415. The normalized spacial score (nSPS) is 27.8. The highest BCUT2D eigenvalue weighted by molar-refractivity contribution is 5.43. The molecule has 1 saturated carbocycles. The van der Waals surface area contributed by atoms with Crippen LogP contribution in [0.4, 0.5) is 0 Å². The Hall–Kier alpha value is -1.02. The van der Waals surface area contributed by atoms with Crippen molar-refractivity contribution in [2.45, 2.75) is 58.6 Å². The van der Waals surface area contributed by atoms with E-state index < -0.39 is 0 Å². The van der Waals surface area contributed by atoms with Crippen LogP contribution in [0.3, 0.4) is 0 Å². The number of ether oxygens (including phenoxy) is 1. The molecule has 1 aliphatic heterocycles. The van der Waals surface area contributed by atoms with Gasteiger partial charge in [-0.2, -0.15) is 0 Å². The summed E-state index contributed by atoms with van der Waals surface area (Å²) < 4.78 is 5.99. The summed E-state index contributed by atoms with van der Waals surface area (Å²) in [6.45, 7) is 10.0. The van der Waals surface area contributed by atoms with Gasteiger partial charge >= 0.3 is 0 Å². The van der Waals surface area contributed by atoms with Crippen LogP contribution in [0, 0.1) is 11.8 Å². The van der Waals surface area contributed by atoms with E-state index in [2.05, 4.69) is 51.2 Å². The molecule has 110 valence electrons. The Balaban J connectivity index is 1.82. The summed E-state index contributed by atoms with van der Waals surface area (Å²) >= 11 is 0. The fraction of sp³-hybridized carbons (Fsp3) is 0.667. The van der Waals surface area contributed by atoms with Gasteiger partial charge < -0.3 is 10.1 Å². The standard InChI is InChI=1S/C18H27NO/c1-5-8-19-17(15-9-12(15)2)13-6-7-16-14(10-13)11-18(3,4)20-16/h6-7,10,12,15,17,19H,5,8-9,11H2,1-4H3. The van der Waals surface area contributed by atoms with E-state index in [1.807, 2.05) is 0 Å². The van der Waals surface area contributed by atoms with Gasteiger partial charge in [-0.15, -0.1) is 0 Å². The van der Waals surface area contributed by atoms with Crippen LogP contribution in [-0.4, -0.2) is 12.1 Å². The zero-order valence-corrected chi connectivity index (χ0v) is 13.2. The van der Waals surface area contributed by atoms with Crippen molar-refractivity contribution in [2.75, 3.05) is 6.54 Å². The van der Waals surface area contributed by atoms with Crippen LogP contribution < -0.4 is 10.1 Å². The van der Waals surface area contributed by atoms with Crippen molar-refractivity contribution < 1.29 is 4.74 Å². The molecule has 0 radical (unpaired) electrons. The highest BCUT2D eigenvalue weighted by Gasteiger charge is 2.40. The van der Waals surface area contributed by atoms with Gasteiger partial charge in [-0.25, -0.2) is 0 Å². The van der Waals surface area contributed by atoms with Gasteiger partial charge in [0.15, 0.2) is 0 Å². The maximum Gasteiger partial charge on any atom is 0.123 e. The lowest BCUT2D eigenvalue weighted by molar-refractivity contribution is 0.138. The van der Waals surface area contributed by atoms with Crippen LogP contribution in [0.25, 0.3) is 0 Å². The van der Waals surface area contributed by atoms with Crippen molar-refractivity contribution in [1.29, 1.82) is 0 Å². The molecule has 3 rings (SSSR count). The topological polar surface area (TPSA) is 21.3 Å². The van der Waals surface area contributed by atoms with E-state index in [-0.39, 0.29) is 5.60 Å². The molecular formula is C18H27NO. The van der Waals surface area contributed by atoms with Gasteiger partial charge in [-0.1, -0.05) is 26.0 Å². The Morgan fingerprint density at radius 1 is 1.40 bits per heavy atom. The van der Waals surface area contributed by atoms with E-state index >= 15 is 0 Å². The number of hydrogen-bond acceptors (Lipinski definition) is 2. The summed E-state index contributed by atoms with van der Waals surface area (Å²) in [5, 5.41) is 3.75. The lowest BCUT2D eigenvalue weighted by Gasteiger charge is -2.19. The molecule has 0 saturated heterocycles. The Bertz CT molecular complexity index is 494. The molecule has 1 aromatic rings. The largest absolute Gasteiger partial charge is 0.487 e. The van der Waals surface area contributed by atoms with Gasteiger partial charge in [0.1, 0.15) is 11.4 Å². The lowest BCUT2D eigenvalue weighted by atomic mass is 9.95. The smallest absolute Gasteiger partial charge is 0.123 e. The molecule has 0 aromatic heterocycles. The fourth-order valence-electron chi connectivity index (χ4n) is 3.45. The van der Waals surface area contributed by atoms with Crippen LogP contribution in [0.1, 0.15) is 57.7 Å². The van der Waals surface area contributed by atoms with E-state index in [0.29, 0.717) is 6.04 Å². The highest BCUT2D eigenvalue weighted by atomic mass is 16.5. The van der Waals surface area contributed by atoms with Crippen LogP contribution >= 0.6 is 0 Å². The van der Waals surface area contributed by atoms with Crippen LogP contribution in [-0.2, 0) is 6.42 Å². The second kappa shape index (κ2) is 5.07. The second-order valence-electron chi connectivity index (χ2n) is 7.21. The second-order valence-corrected chi connectivity index (χ2v) is 7.21. The lowest BCUT2D eigenvalue weighted by Crippen LogP contribution is -2.25. The summed E-state index contributed by atoms with van der Waals surface area (Å²) in [5.74, 6) is 2.76. The van der Waals surface area contributed by atoms with Gasteiger partial charge in [0.2, 0.25) is 0 Å². The minimum absolute atomic E-state index is 0.0415. The van der Waals surface area contributed by atoms with Crippen molar-refractivity contribution in [1.82, 2.24) is 5.32 Å². The number of benzene rings is 1. The fourth-order valence-corrected chi connectivity index (χ4v) is 3.45. The number of nitrogens with one attached hydrogen (secondary N) is 1. The maximum absolute atomic E-state index is 5.99. The summed E-state index contributed by atoms with van der Waals surface area (Å²) in [5.41, 5.74) is 2.79. The van der Waals surface area contributed by atoms with E-state index in [4.69, 9.17) is 4.74 Å². The molecule has 0 bridgehead atoms. The first-order chi connectivity index (χ1) is 9.50. The van der Waals surface area contributed by atoms with Crippen LogP contribution in [0.5, 0.6) is 5.75 Å². The first-order valence-electron chi connectivity index (χ1n) is 8.05. The molecule has 3 unspecified atom stereocenters. The Morgan fingerprint density at radius 3 is 2.80 bits per heavy atom. The summed E-state index contributed by atoms with van der Waals surface area (Å²) in [7, 11) is 0. The quantitative estimate of drug-likeness (QED) is 0.872. The molecule has 0 spiro atoms. The summed E-state index contributed by atoms with van der Waals surface area (Å²) in [6, 6.07) is 7.34. The van der Waals surface area contributed by atoms with E-state index in [1.165, 1.54) is 24.0 Å². The van der Waals surface area contributed by atoms with Crippen molar-refractivity contribution >= 4 is 0 Å². The zero-order valence-electron chi connectivity index (χ0n) is 13.2. The predicted octanol–water partition coefficient (Wildman–Crippen LogP) is 4.10. The van der Waals surface area contributed by atoms with Crippen molar-refractivity contribution in [3.05, 3.63) is 29.3 Å². The van der Waals surface area contributed by atoms with Gasteiger partial charge in [0.25, 0.3) is 0 Å².